The first-order chi connectivity index (χ1) is 15.2. The lowest BCUT2D eigenvalue weighted by molar-refractivity contribution is -0.139. The summed E-state index contributed by atoms with van der Waals surface area (Å²) in [6.07, 6.45) is 1.90. The van der Waals surface area contributed by atoms with Crippen LogP contribution in [0.3, 0.4) is 0 Å². The lowest BCUT2D eigenvalue weighted by Crippen LogP contribution is -2.27. The predicted octanol–water partition coefficient (Wildman–Crippen LogP) is 2.05. The van der Waals surface area contributed by atoms with Gasteiger partial charge >= 0.3 is 5.97 Å². The topological polar surface area (TPSA) is 142 Å². The van der Waals surface area contributed by atoms with Crippen LogP contribution in [0.4, 0.5) is 0 Å². The van der Waals surface area contributed by atoms with Crippen molar-refractivity contribution < 1.29 is 18.3 Å². The molecule has 0 saturated carbocycles. The number of imidazole rings is 1. The average molecular weight is 456 g/mol. The number of aliphatic carboxylic acids is 1. The minimum atomic E-state index is -3.59. The molecule has 2 heterocycles. The minimum Gasteiger partial charge on any atom is -0.481 e. The number of aryl methyl sites for hydroxylation is 1. The number of sulfonamides is 1. The van der Waals surface area contributed by atoms with E-state index in [0.29, 0.717) is 35.5 Å². The lowest BCUT2D eigenvalue weighted by atomic mass is 9.97. The van der Waals surface area contributed by atoms with Crippen molar-refractivity contribution in [3.05, 3.63) is 59.4 Å². The van der Waals surface area contributed by atoms with Gasteiger partial charge in [-0.15, -0.1) is 0 Å². The van der Waals surface area contributed by atoms with E-state index >= 15 is 0 Å². The van der Waals surface area contributed by atoms with E-state index in [9.17, 15) is 18.3 Å². The molecule has 0 bridgehead atoms. The standard InChI is InChI=1S/C22H25N5O4S/c1-26-19-9-8-16(32(30,31)27-10-2-3-11-27)13-18(19)25-21(26)17(22(28)29)12-14-4-6-15(7-5-14)20(23)24/h4-9,13,17H,2-3,10-12H2,1H3,(H3,23,24)(H,28,29). The van der Waals surface area contributed by atoms with Crippen LogP contribution in [0.5, 0.6) is 0 Å². The molecule has 9 nitrogen and oxygen atoms in total. The van der Waals surface area contributed by atoms with Gasteiger partial charge in [0.25, 0.3) is 0 Å². The smallest absolute Gasteiger partial charge is 0.314 e. The third-order valence-corrected chi connectivity index (χ3v) is 7.80. The number of nitrogens with two attached hydrogens (primary N) is 1. The van der Waals surface area contributed by atoms with Gasteiger partial charge in [-0.3, -0.25) is 10.2 Å². The van der Waals surface area contributed by atoms with Crippen LogP contribution in [0, 0.1) is 5.41 Å². The SMILES string of the molecule is Cn1c(C(Cc2ccc(C(=N)N)cc2)C(=O)O)nc2cc(S(=O)(=O)N3CCCC3)ccc21. The van der Waals surface area contributed by atoms with Crippen LogP contribution < -0.4 is 5.73 Å². The predicted molar refractivity (Wildman–Crippen MR) is 120 cm³/mol. The zero-order valence-electron chi connectivity index (χ0n) is 17.7. The summed E-state index contributed by atoms with van der Waals surface area (Å²) in [5, 5.41) is 17.4. The van der Waals surface area contributed by atoms with Crippen molar-refractivity contribution in [1.29, 1.82) is 5.41 Å². The van der Waals surface area contributed by atoms with Crippen LogP contribution in [-0.4, -0.2) is 52.3 Å². The Bertz CT molecular complexity index is 1290. The van der Waals surface area contributed by atoms with Crippen LogP contribution in [-0.2, 0) is 28.3 Å². The van der Waals surface area contributed by atoms with Gasteiger partial charge in [0.15, 0.2) is 0 Å². The number of nitrogen functional groups attached to an aromatic ring is 1. The molecule has 10 heteroatoms. The molecule has 1 atom stereocenters. The highest BCUT2D eigenvalue weighted by molar-refractivity contribution is 7.89. The van der Waals surface area contributed by atoms with Crippen LogP contribution in [0.15, 0.2) is 47.4 Å². The van der Waals surface area contributed by atoms with Crippen molar-refractivity contribution in [3.63, 3.8) is 0 Å². The van der Waals surface area contributed by atoms with Gasteiger partial charge in [-0.2, -0.15) is 4.31 Å². The summed E-state index contributed by atoms with van der Waals surface area (Å²) in [6.45, 7) is 1.02. The van der Waals surface area contributed by atoms with Crippen LogP contribution in [0.2, 0.25) is 0 Å². The minimum absolute atomic E-state index is 0.0543. The number of benzene rings is 2. The number of carboxylic acids is 1. The lowest BCUT2D eigenvalue weighted by Gasteiger charge is -2.15. The van der Waals surface area contributed by atoms with Crippen molar-refractivity contribution in [2.75, 3.05) is 13.1 Å². The normalized spacial score (nSPS) is 15.8. The van der Waals surface area contributed by atoms with E-state index in [0.717, 1.165) is 18.4 Å². The third-order valence-electron chi connectivity index (χ3n) is 5.90. The van der Waals surface area contributed by atoms with Gasteiger partial charge in [-0.1, -0.05) is 24.3 Å². The largest absolute Gasteiger partial charge is 0.481 e. The monoisotopic (exact) mass is 455 g/mol. The highest BCUT2D eigenvalue weighted by Gasteiger charge is 2.29. The summed E-state index contributed by atoms with van der Waals surface area (Å²) >= 11 is 0. The number of aromatic nitrogens is 2. The summed E-state index contributed by atoms with van der Waals surface area (Å²) in [5.74, 6) is -1.65. The van der Waals surface area contributed by atoms with Crippen LogP contribution >= 0.6 is 0 Å². The number of hydrogen-bond donors (Lipinski definition) is 3. The van der Waals surface area contributed by atoms with Gasteiger partial charge < -0.3 is 15.4 Å². The number of rotatable bonds is 7. The number of carboxylic acid groups (broad SMARTS) is 1. The van der Waals surface area contributed by atoms with Crippen molar-refractivity contribution in [3.8, 4) is 0 Å². The van der Waals surface area contributed by atoms with Gasteiger partial charge in [0.1, 0.15) is 17.6 Å². The number of amidine groups is 1. The second-order valence-corrected chi connectivity index (χ2v) is 9.93. The molecule has 1 aromatic heterocycles. The maximum absolute atomic E-state index is 12.9. The zero-order valence-corrected chi connectivity index (χ0v) is 18.5. The summed E-state index contributed by atoms with van der Waals surface area (Å²) in [5.41, 5.74) is 7.93. The number of nitrogens with one attached hydrogen (secondary N) is 1. The Hall–Kier alpha value is -3.24. The summed E-state index contributed by atoms with van der Waals surface area (Å²) in [6, 6.07) is 11.6. The van der Waals surface area contributed by atoms with Gasteiger partial charge in [0, 0.05) is 25.7 Å². The molecular weight excluding hydrogens is 430 g/mol. The molecule has 1 fully saturated rings. The zero-order chi connectivity index (χ0) is 23.0. The summed E-state index contributed by atoms with van der Waals surface area (Å²) in [7, 11) is -1.86. The maximum atomic E-state index is 12.9. The molecule has 32 heavy (non-hydrogen) atoms. The molecule has 1 aliphatic rings. The fourth-order valence-electron chi connectivity index (χ4n) is 4.09. The Labute approximate surface area is 186 Å². The molecule has 1 aliphatic heterocycles. The molecule has 4 N–H and O–H groups in total. The van der Waals surface area contributed by atoms with E-state index in [-0.39, 0.29) is 17.2 Å². The molecule has 0 radical (unpaired) electrons. The molecule has 1 saturated heterocycles. The van der Waals surface area contributed by atoms with Crippen molar-refractivity contribution in [1.82, 2.24) is 13.9 Å². The van der Waals surface area contributed by atoms with E-state index in [1.807, 2.05) is 0 Å². The van der Waals surface area contributed by atoms with Crippen molar-refractivity contribution in [2.24, 2.45) is 12.8 Å². The van der Waals surface area contributed by atoms with Crippen LogP contribution in [0.1, 0.15) is 35.7 Å². The van der Waals surface area contributed by atoms with Crippen molar-refractivity contribution in [2.45, 2.75) is 30.1 Å². The number of carbonyl (C=O) groups is 1. The summed E-state index contributed by atoms with van der Waals surface area (Å²) in [4.78, 5) is 16.8. The quantitative estimate of drug-likeness (QED) is 0.368. The van der Waals surface area contributed by atoms with Gasteiger partial charge in [0.05, 0.1) is 15.9 Å². The number of nitrogens with zero attached hydrogens (tertiary/aromatic N) is 3. The first kappa shape index (κ1) is 22.0. The van der Waals surface area contributed by atoms with Gasteiger partial charge in [-0.25, -0.2) is 13.4 Å². The third kappa shape index (κ3) is 3.98. The van der Waals surface area contributed by atoms with Crippen LogP contribution in [0.25, 0.3) is 11.0 Å². The maximum Gasteiger partial charge on any atom is 0.314 e. The van der Waals surface area contributed by atoms with E-state index < -0.39 is 21.9 Å². The Balaban J connectivity index is 1.69. The highest BCUT2D eigenvalue weighted by atomic mass is 32.2. The molecule has 0 amide bonds. The molecule has 168 valence electrons. The molecule has 3 aromatic rings. The van der Waals surface area contributed by atoms with E-state index in [4.69, 9.17) is 11.1 Å². The Morgan fingerprint density at radius 1 is 1.19 bits per heavy atom. The molecular formula is C22H25N5O4S. The molecule has 4 rings (SSSR count). The molecule has 1 unspecified atom stereocenters. The number of hydrogen-bond acceptors (Lipinski definition) is 5. The Morgan fingerprint density at radius 3 is 2.44 bits per heavy atom. The highest BCUT2D eigenvalue weighted by Crippen LogP contribution is 2.28. The number of fused-ring (bicyclic) bond motifs is 1. The van der Waals surface area contributed by atoms with Gasteiger partial charge in [-0.05, 0) is 43.0 Å². The average Bonchev–Trinajstić information content (AvgIpc) is 3.41. The fourth-order valence-corrected chi connectivity index (χ4v) is 5.63. The molecule has 2 aromatic carbocycles. The molecule has 0 spiro atoms. The fraction of sp³-hybridized carbons (Fsp3) is 0.318. The Morgan fingerprint density at radius 2 is 1.84 bits per heavy atom. The first-order valence-corrected chi connectivity index (χ1v) is 11.7. The second kappa shape index (κ2) is 8.36. The Kier molecular flexibility index (Phi) is 5.74. The second-order valence-electron chi connectivity index (χ2n) is 8.00. The van der Waals surface area contributed by atoms with Crippen molar-refractivity contribution >= 4 is 32.9 Å². The summed E-state index contributed by atoms with van der Waals surface area (Å²) < 4.78 is 29.0. The first-order valence-electron chi connectivity index (χ1n) is 10.3. The van der Waals surface area contributed by atoms with E-state index in [2.05, 4.69) is 4.98 Å². The van der Waals surface area contributed by atoms with Gasteiger partial charge in [0.2, 0.25) is 10.0 Å². The molecule has 0 aliphatic carbocycles. The van der Waals surface area contributed by atoms with E-state index in [1.165, 1.54) is 10.4 Å². The van der Waals surface area contributed by atoms with E-state index in [1.54, 1.807) is 48.0 Å².